The van der Waals surface area contributed by atoms with Crippen LogP contribution in [0.15, 0.2) is 28.9 Å². The molecule has 3 heterocycles. The predicted octanol–water partition coefficient (Wildman–Crippen LogP) is 3.22. The number of thioether (sulfide) groups is 1. The van der Waals surface area contributed by atoms with E-state index in [1.54, 1.807) is 23.1 Å². The summed E-state index contributed by atoms with van der Waals surface area (Å²) in [7, 11) is 0. The van der Waals surface area contributed by atoms with Crippen molar-refractivity contribution in [2.24, 2.45) is 0 Å². The minimum Gasteiger partial charge on any atom is -0.360 e. The summed E-state index contributed by atoms with van der Waals surface area (Å²) >= 11 is 3.25. The molecule has 3 aromatic rings. The van der Waals surface area contributed by atoms with Gasteiger partial charge in [0.15, 0.2) is 4.34 Å². The number of hydrogen-bond donors (Lipinski definition) is 1. The van der Waals surface area contributed by atoms with Crippen LogP contribution in [0.5, 0.6) is 0 Å². The topological polar surface area (TPSA) is 55.1 Å². The van der Waals surface area contributed by atoms with E-state index < -0.39 is 0 Å². The Labute approximate surface area is 125 Å². The molecular weight excluding hydrogens is 290 g/mol. The van der Waals surface area contributed by atoms with Crippen molar-refractivity contribution in [3.8, 4) is 0 Å². The third kappa shape index (κ3) is 2.94. The fourth-order valence-electron chi connectivity index (χ4n) is 1.85. The maximum atomic E-state index is 4.59. The number of aromatic nitrogens is 4. The standard InChI is InChI=1S/C13H15N5S2/c1-3-14-12-16-17-13(20-12)19-8-10-7-18-6-9(2)4-5-11(18)15-10/h4-7H,3,8H2,1-2H3,(H,14,16). The number of pyridine rings is 1. The first-order valence-electron chi connectivity index (χ1n) is 6.39. The zero-order valence-electron chi connectivity index (χ0n) is 11.3. The van der Waals surface area contributed by atoms with E-state index in [0.717, 1.165) is 33.1 Å². The lowest BCUT2D eigenvalue weighted by atomic mass is 10.3. The summed E-state index contributed by atoms with van der Waals surface area (Å²) in [5, 5.41) is 12.3. The zero-order chi connectivity index (χ0) is 13.9. The van der Waals surface area contributed by atoms with Crippen LogP contribution in [0, 0.1) is 6.92 Å². The van der Waals surface area contributed by atoms with Gasteiger partial charge < -0.3 is 9.72 Å². The monoisotopic (exact) mass is 305 g/mol. The maximum absolute atomic E-state index is 4.59. The van der Waals surface area contributed by atoms with Gasteiger partial charge in [-0.1, -0.05) is 29.2 Å². The summed E-state index contributed by atoms with van der Waals surface area (Å²) in [6.45, 7) is 5.00. The Morgan fingerprint density at radius 3 is 3.05 bits per heavy atom. The van der Waals surface area contributed by atoms with Crippen LogP contribution in [0.4, 0.5) is 5.13 Å². The van der Waals surface area contributed by atoms with E-state index in [1.165, 1.54) is 5.56 Å². The molecule has 3 rings (SSSR count). The average Bonchev–Trinajstić information content (AvgIpc) is 3.02. The second-order valence-corrected chi connectivity index (χ2v) is 6.60. The molecule has 3 aromatic heterocycles. The van der Waals surface area contributed by atoms with Crippen molar-refractivity contribution in [1.29, 1.82) is 0 Å². The van der Waals surface area contributed by atoms with Crippen molar-refractivity contribution >= 4 is 33.9 Å². The largest absolute Gasteiger partial charge is 0.360 e. The summed E-state index contributed by atoms with van der Waals surface area (Å²) in [5.41, 5.74) is 3.27. The first-order chi connectivity index (χ1) is 9.74. The molecule has 0 saturated carbocycles. The molecule has 0 aromatic carbocycles. The van der Waals surface area contributed by atoms with Crippen molar-refractivity contribution in [2.45, 2.75) is 23.9 Å². The van der Waals surface area contributed by atoms with E-state index in [4.69, 9.17) is 0 Å². The molecule has 0 saturated heterocycles. The molecule has 20 heavy (non-hydrogen) atoms. The Balaban J connectivity index is 1.69. The Hall–Kier alpha value is -1.60. The quantitative estimate of drug-likeness (QED) is 0.734. The molecule has 5 nitrogen and oxygen atoms in total. The molecule has 0 aliphatic heterocycles. The summed E-state index contributed by atoms with van der Waals surface area (Å²) in [5.74, 6) is 0.807. The molecule has 1 N–H and O–H groups in total. The molecule has 0 fully saturated rings. The van der Waals surface area contributed by atoms with Crippen molar-refractivity contribution in [1.82, 2.24) is 19.6 Å². The van der Waals surface area contributed by atoms with Gasteiger partial charge in [-0.25, -0.2) is 4.98 Å². The number of hydrogen-bond acceptors (Lipinski definition) is 6. The van der Waals surface area contributed by atoms with Crippen LogP contribution < -0.4 is 5.32 Å². The van der Waals surface area contributed by atoms with Crippen molar-refractivity contribution < 1.29 is 0 Å². The predicted molar refractivity (Wildman–Crippen MR) is 83.6 cm³/mol. The van der Waals surface area contributed by atoms with Gasteiger partial charge in [0.25, 0.3) is 0 Å². The van der Waals surface area contributed by atoms with Gasteiger partial charge in [-0.15, -0.1) is 10.2 Å². The van der Waals surface area contributed by atoms with Crippen LogP contribution >= 0.6 is 23.1 Å². The van der Waals surface area contributed by atoms with Crippen LogP contribution in [-0.4, -0.2) is 26.1 Å². The second kappa shape index (κ2) is 5.80. The molecule has 0 spiro atoms. The van der Waals surface area contributed by atoms with Crippen molar-refractivity contribution in [3.63, 3.8) is 0 Å². The Kier molecular flexibility index (Phi) is 3.88. The van der Waals surface area contributed by atoms with E-state index in [-0.39, 0.29) is 0 Å². The summed E-state index contributed by atoms with van der Waals surface area (Å²) in [6.07, 6.45) is 4.16. The van der Waals surface area contributed by atoms with Crippen LogP contribution in [0.25, 0.3) is 5.65 Å². The van der Waals surface area contributed by atoms with Gasteiger partial charge in [0.2, 0.25) is 5.13 Å². The lowest BCUT2D eigenvalue weighted by Crippen LogP contribution is -1.94. The average molecular weight is 305 g/mol. The molecule has 7 heteroatoms. The lowest BCUT2D eigenvalue weighted by Gasteiger charge is -1.93. The number of aryl methyl sites for hydroxylation is 1. The molecule has 0 aliphatic rings. The number of fused-ring (bicyclic) bond motifs is 1. The van der Waals surface area contributed by atoms with E-state index in [9.17, 15) is 0 Å². The fraction of sp³-hybridized carbons (Fsp3) is 0.308. The third-order valence-electron chi connectivity index (χ3n) is 2.73. The SMILES string of the molecule is CCNc1nnc(SCc2cn3cc(C)ccc3n2)s1. The first-order valence-corrected chi connectivity index (χ1v) is 8.19. The summed E-state index contributed by atoms with van der Waals surface area (Å²) in [4.78, 5) is 4.59. The van der Waals surface area contributed by atoms with Crippen LogP contribution in [0.2, 0.25) is 0 Å². The normalized spacial score (nSPS) is 11.1. The molecular formula is C13H15N5S2. The molecule has 0 bridgehead atoms. The number of imidazole rings is 1. The fourth-order valence-corrected chi connectivity index (χ4v) is 3.56. The molecule has 0 aliphatic carbocycles. The smallest absolute Gasteiger partial charge is 0.206 e. The first kappa shape index (κ1) is 13.4. The Morgan fingerprint density at radius 1 is 1.30 bits per heavy atom. The second-order valence-electron chi connectivity index (χ2n) is 4.40. The Bertz CT molecular complexity index is 718. The zero-order valence-corrected chi connectivity index (χ0v) is 13.0. The molecule has 0 amide bonds. The highest BCUT2D eigenvalue weighted by Gasteiger charge is 2.07. The molecule has 0 atom stereocenters. The van der Waals surface area contributed by atoms with Crippen molar-refractivity contribution in [3.05, 3.63) is 35.8 Å². The summed E-state index contributed by atoms with van der Waals surface area (Å²) < 4.78 is 3.03. The lowest BCUT2D eigenvalue weighted by molar-refractivity contribution is 1.00. The van der Waals surface area contributed by atoms with Crippen LogP contribution in [-0.2, 0) is 5.75 Å². The van der Waals surface area contributed by atoms with Crippen LogP contribution in [0.3, 0.4) is 0 Å². The maximum Gasteiger partial charge on any atom is 0.206 e. The number of nitrogens with one attached hydrogen (secondary N) is 1. The summed E-state index contributed by atoms with van der Waals surface area (Å²) in [6, 6.07) is 4.12. The third-order valence-corrected chi connectivity index (χ3v) is 4.77. The Morgan fingerprint density at radius 2 is 2.20 bits per heavy atom. The van der Waals surface area contributed by atoms with Gasteiger partial charge in [0.05, 0.1) is 5.69 Å². The van der Waals surface area contributed by atoms with E-state index in [1.807, 2.05) is 13.0 Å². The van der Waals surface area contributed by atoms with Gasteiger partial charge >= 0.3 is 0 Å². The molecule has 0 unspecified atom stereocenters. The number of anilines is 1. The van der Waals surface area contributed by atoms with Crippen molar-refractivity contribution in [2.75, 3.05) is 11.9 Å². The highest BCUT2D eigenvalue weighted by atomic mass is 32.2. The van der Waals surface area contributed by atoms with Gasteiger partial charge in [-0.3, -0.25) is 0 Å². The highest BCUT2D eigenvalue weighted by molar-refractivity contribution is 8.00. The minimum atomic E-state index is 0.807. The van der Waals surface area contributed by atoms with E-state index in [0.29, 0.717) is 0 Å². The van der Waals surface area contributed by atoms with Gasteiger partial charge in [0.1, 0.15) is 5.65 Å². The van der Waals surface area contributed by atoms with Crippen LogP contribution in [0.1, 0.15) is 18.2 Å². The number of nitrogens with zero attached hydrogens (tertiary/aromatic N) is 4. The highest BCUT2D eigenvalue weighted by Crippen LogP contribution is 2.28. The van der Waals surface area contributed by atoms with Gasteiger partial charge in [-0.2, -0.15) is 0 Å². The van der Waals surface area contributed by atoms with E-state index in [2.05, 4.69) is 50.3 Å². The van der Waals surface area contributed by atoms with Gasteiger partial charge in [-0.05, 0) is 25.5 Å². The molecule has 104 valence electrons. The minimum absolute atomic E-state index is 0.807. The molecule has 0 radical (unpaired) electrons. The number of rotatable bonds is 5. The van der Waals surface area contributed by atoms with Gasteiger partial charge in [0, 0.05) is 24.7 Å². The van der Waals surface area contributed by atoms with E-state index >= 15 is 0 Å².